The highest BCUT2D eigenvalue weighted by atomic mass is 19.1. The molecule has 1 saturated carbocycles. The van der Waals surface area contributed by atoms with Gasteiger partial charge >= 0.3 is 5.69 Å². The number of ether oxygens (including phenoxy) is 1. The monoisotopic (exact) mass is 296 g/mol. The zero-order valence-electron chi connectivity index (χ0n) is 12.4. The summed E-state index contributed by atoms with van der Waals surface area (Å²) in [6, 6.07) is 2.49. The van der Waals surface area contributed by atoms with Crippen LogP contribution in [0.5, 0.6) is 5.75 Å². The number of hydrogen-bond acceptors (Lipinski definition) is 4. The molecule has 21 heavy (non-hydrogen) atoms. The van der Waals surface area contributed by atoms with E-state index >= 15 is 0 Å². The van der Waals surface area contributed by atoms with Crippen LogP contribution >= 0.6 is 0 Å². The minimum absolute atomic E-state index is 0.0742. The Hall–Kier alpha value is -1.85. The highest BCUT2D eigenvalue weighted by Gasteiger charge is 2.24. The molecular formula is C15H21FN2O3. The van der Waals surface area contributed by atoms with Crippen molar-refractivity contribution in [3.63, 3.8) is 0 Å². The van der Waals surface area contributed by atoms with Crippen LogP contribution in [0.15, 0.2) is 12.1 Å². The molecule has 0 aromatic heterocycles. The number of nitro groups is 1. The molecule has 6 heteroatoms. The smallest absolute Gasteiger partial charge is 0.313 e. The third-order valence-corrected chi connectivity index (χ3v) is 4.17. The first-order chi connectivity index (χ1) is 10.0. The number of nitrogens with one attached hydrogen (secondary N) is 1. The molecule has 116 valence electrons. The predicted octanol–water partition coefficient (Wildman–Crippen LogP) is 4.12. The first kappa shape index (κ1) is 15.5. The zero-order valence-corrected chi connectivity index (χ0v) is 12.4. The lowest BCUT2D eigenvalue weighted by molar-refractivity contribution is -0.385. The topological polar surface area (TPSA) is 64.4 Å². The van der Waals surface area contributed by atoms with Crippen molar-refractivity contribution in [1.29, 1.82) is 0 Å². The Bertz CT molecular complexity index is 522. The minimum atomic E-state index is -0.639. The Morgan fingerprint density at radius 2 is 2.05 bits per heavy atom. The van der Waals surface area contributed by atoms with Gasteiger partial charge in [0.1, 0.15) is 0 Å². The minimum Gasteiger partial charge on any atom is -0.490 e. The standard InChI is InChI=1S/C15H21FN2O3/c1-10-6-4-3-5-7-12(10)17-13-9-15(21-2)14(18(19)20)8-11(13)16/h8-10,12,17H,3-7H2,1-2H3. The van der Waals surface area contributed by atoms with Crippen molar-refractivity contribution in [3.05, 3.63) is 28.1 Å². The summed E-state index contributed by atoms with van der Waals surface area (Å²) in [4.78, 5) is 10.2. The Labute approximate surface area is 123 Å². The quantitative estimate of drug-likeness (QED) is 0.515. The van der Waals surface area contributed by atoms with Crippen molar-refractivity contribution in [3.8, 4) is 5.75 Å². The van der Waals surface area contributed by atoms with Crippen LogP contribution in [0, 0.1) is 21.8 Å². The molecule has 5 nitrogen and oxygen atoms in total. The molecule has 0 bridgehead atoms. The molecule has 0 heterocycles. The summed E-state index contributed by atoms with van der Waals surface area (Å²) < 4.78 is 19.1. The van der Waals surface area contributed by atoms with Crippen LogP contribution in [-0.2, 0) is 0 Å². The molecular weight excluding hydrogens is 275 g/mol. The third kappa shape index (κ3) is 3.62. The number of nitrogens with zero attached hydrogens (tertiary/aromatic N) is 1. The van der Waals surface area contributed by atoms with Gasteiger partial charge < -0.3 is 10.1 Å². The van der Waals surface area contributed by atoms with E-state index in [1.165, 1.54) is 26.0 Å². The maximum absolute atomic E-state index is 14.1. The van der Waals surface area contributed by atoms with E-state index in [9.17, 15) is 14.5 Å². The van der Waals surface area contributed by atoms with Crippen LogP contribution in [0.3, 0.4) is 0 Å². The lowest BCUT2D eigenvalue weighted by atomic mass is 9.96. The van der Waals surface area contributed by atoms with Gasteiger partial charge in [-0.15, -0.1) is 0 Å². The van der Waals surface area contributed by atoms with Gasteiger partial charge in [-0.25, -0.2) is 4.39 Å². The summed E-state index contributed by atoms with van der Waals surface area (Å²) >= 11 is 0. The van der Waals surface area contributed by atoms with Crippen molar-refractivity contribution in [2.45, 2.75) is 45.1 Å². The average Bonchev–Trinajstić information content (AvgIpc) is 2.65. The molecule has 2 atom stereocenters. The number of rotatable bonds is 4. The maximum Gasteiger partial charge on any atom is 0.313 e. The number of nitro benzene ring substituents is 1. The van der Waals surface area contributed by atoms with Gasteiger partial charge in [-0.1, -0.05) is 26.2 Å². The van der Waals surface area contributed by atoms with Crippen molar-refractivity contribution >= 4 is 11.4 Å². The van der Waals surface area contributed by atoms with Crippen LogP contribution in [0.25, 0.3) is 0 Å². The van der Waals surface area contributed by atoms with Crippen molar-refractivity contribution < 1.29 is 14.1 Å². The highest BCUT2D eigenvalue weighted by Crippen LogP contribution is 2.34. The van der Waals surface area contributed by atoms with Crippen LogP contribution in [-0.4, -0.2) is 18.1 Å². The fourth-order valence-corrected chi connectivity index (χ4v) is 2.87. The molecule has 0 amide bonds. The molecule has 1 aromatic carbocycles. The van der Waals surface area contributed by atoms with E-state index in [1.54, 1.807) is 0 Å². The molecule has 0 radical (unpaired) electrons. The number of methoxy groups -OCH3 is 1. The van der Waals surface area contributed by atoms with E-state index in [1.807, 2.05) is 0 Å². The molecule has 1 fully saturated rings. The summed E-state index contributed by atoms with van der Waals surface area (Å²) in [6.45, 7) is 2.16. The lowest BCUT2D eigenvalue weighted by Crippen LogP contribution is -2.26. The molecule has 0 spiro atoms. The number of benzene rings is 1. The second kappa shape index (κ2) is 6.74. The number of anilines is 1. The fraction of sp³-hybridized carbons (Fsp3) is 0.600. The zero-order chi connectivity index (χ0) is 15.4. The van der Waals surface area contributed by atoms with Crippen molar-refractivity contribution in [1.82, 2.24) is 0 Å². The van der Waals surface area contributed by atoms with Gasteiger partial charge in [0, 0.05) is 12.1 Å². The van der Waals surface area contributed by atoms with E-state index in [-0.39, 0.29) is 23.2 Å². The first-order valence-electron chi connectivity index (χ1n) is 7.31. The van der Waals surface area contributed by atoms with E-state index in [0.717, 1.165) is 25.3 Å². The molecule has 0 saturated heterocycles. The van der Waals surface area contributed by atoms with E-state index in [4.69, 9.17) is 4.74 Å². The van der Waals surface area contributed by atoms with Crippen LogP contribution in [0.4, 0.5) is 15.8 Å². The van der Waals surface area contributed by atoms with Crippen molar-refractivity contribution in [2.75, 3.05) is 12.4 Å². The molecule has 2 unspecified atom stereocenters. The summed E-state index contributed by atoms with van der Waals surface area (Å²) in [5, 5.41) is 14.1. The Kier molecular flexibility index (Phi) is 4.98. The number of hydrogen-bond donors (Lipinski definition) is 1. The van der Waals surface area contributed by atoms with Gasteiger partial charge in [0.25, 0.3) is 0 Å². The van der Waals surface area contributed by atoms with Crippen LogP contribution in [0.2, 0.25) is 0 Å². The molecule has 1 aliphatic carbocycles. The number of halogens is 1. The van der Waals surface area contributed by atoms with E-state index in [0.29, 0.717) is 5.92 Å². The lowest BCUT2D eigenvalue weighted by Gasteiger charge is -2.24. The second-order valence-electron chi connectivity index (χ2n) is 5.63. The predicted molar refractivity (Wildman–Crippen MR) is 79.3 cm³/mol. The van der Waals surface area contributed by atoms with Gasteiger partial charge in [0.2, 0.25) is 0 Å². The van der Waals surface area contributed by atoms with E-state index < -0.39 is 10.7 Å². The van der Waals surface area contributed by atoms with Gasteiger partial charge in [0.05, 0.1) is 23.8 Å². The SMILES string of the molecule is COc1cc(NC2CCCCCC2C)c(F)cc1[N+](=O)[O-]. The van der Waals surface area contributed by atoms with Gasteiger partial charge in [-0.05, 0) is 18.8 Å². The second-order valence-corrected chi connectivity index (χ2v) is 5.63. The highest BCUT2D eigenvalue weighted by molar-refractivity contribution is 5.59. The summed E-state index contributed by atoms with van der Waals surface area (Å²) in [5.74, 6) is -0.0859. The Morgan fingerprint density at radius 3 is 2.71 bits per heavy atom. The molecule has 0 aliphatic heterocycles. The Morgan fingerprint density at radius 1 is 1.33 bits per heavy atom. The fourth-order valence-electron chi connectivity index (χ4n) is 2.87. The van der Waals surface area contributed by atoms with Crippen LogP contribution in [0.1, 0.15) is 39.0 Å². The normalized spacial score (nSPS) is 22.4. The molecule has 2 rings (SSSR count). The van der Waals surface area contributed by atoms with Crippen molar-refractivity contribution in [2.24, 2.45) is 5.92 Å². The van der Waals surface area contributed by atoms with Gasteiger partial charge in [0.15, 0.2) is 11.6 Å². The van der Waals surface area contributed by atoms with Gasteiger partial charge in [-0.2, -0.15) is 0 Å². The van der Waals surface area contributed by atoms with Gasteiger partial charge in [-0.3, -0.25) is 10.1 Å². The maximum atomic E-state index is 14.1. The summed E-state index contributed by atoms with van der Waals surface area (Å²) in [7, 11) is 1.35. The Balaban J connectivity index is 2.25. The molecule has 1 aromatic rings. The molecule has 1 aliphatic rings. The summed E-state index contributed by atoms with van der Waals surface area (Å²) in [6.07, 6.45) is 5.62. The summed E-state index contributed by atoms with van der Waals surface area (Å²) in [5.41, 5.74) is -0.0781. The van der Waals surface area contributed by atoms with Crippen LogP contribution < -0.4 is 10.1 Å². The average molecular weight is 296 g/mol. The largest absolute Gasteiger partial charge is 0.490 e. The molecule has 1 N–H and O–H groups in total. The first-order valence-corrected chi connectivity index (χ1v) is 7.31. The van der Waals surface area contributed by atoms with E-state index in [2.05, 4.69) is 12.2 Å². The third-order valence-electron chi connectivity index (χ3n) is 4.17.